The molecule has 1 aliphatic carbocycles. The largest absolute Gasteiger partial charge is 0.382 e. The van der Waals surface area contributed by atoms with E-state index in [0.29, 0.717) is 11.6 Å². The highest BCUT2D eigenvalue weighted by Gasteiger charge is 2.17. The first kappa shape index (κ1) is 18.3. The summed E-state index contributed by atoms with van der Waals surface area (Å²) < 4.78 is 2.14. The number of primary amides is 1. The Morgan fingerprint density at radius 2 is 1.96 bits per heavy atom. The van der Waals surface area contributed by atoms with Crippen LogP contribution in [0.15, 0.2) is 60.9 Å². The molecule has 3 aromatic rings. The van der Waals surface area contributed by atoms with Crippen molar-refractivity contribution >= 4 is 11.6 Å². The predicted octanol–water partition coefficient (Wildman–Crippen LogP) is 4.31. The molecule has 0 saturated heterocycles. The molecule has 144 valence electrons. The second-order valence-corrected chi connectivity index (χ2v) is 7.44. The van der Waals surface area contributed by atoms with Gasteiger partial charge in [-0.05, 0) is 55.3 Å². The van der Waals surface area contributed by atoms with Gasteiger partial charge in [-0.15, -0.1) is 0 Å². The maximum atomic E-state index is 11.9. The second-order valence-electron chi connectivity index (χ2n) is 7.44. The quantitative estimate of drug-likeness (QED) is 0.675. The second kappa shape index (κ2) is 8.30. The summed E-state index contributed by atoms with van der Waals surface area (Å²) in [6.07, 6.45) is 10.6. The third-order valence-corrected chi connectivity index (χ3v) is 5.43. The summed E-state index contributed by atoms with van der Waals surface area (Å²) in [5.41, 5.74) is 10.2. The molecule has 4 rings (SSSR count). The van der Waals surface area contributed by atoms with E-state index in [9.17, 15) is 4.79 Å². The third-order valence-electron chi connectivity index (χ3n) is 5.43. The molecule has 0 aliphatic heterocycles. The molecular weight excluding hydrogens is 348 g/mol. The van der Waals surface area contributed by atoms with Gasteiger partial charge in [-0.1, -0.05) is 25.3 Å². The fraction of sp³-hybridized carbons (Fsp3) is 0.304. The minimum atomic E-state index is -0.397. The number of rotatable bonds is 6. The minimum Gasteiger partial charge on any atom is -0.382 e. The summed E-state index contributed by atoms with van der Waals surface area (Å²) in [6.45, 7) is 0. The Kier molecular flexibility index (Phi) is 5.42. The van der Waals surface area contributed by atoms with Gasteiger partial charge in [0.1, 0.15) is 0 Å². The van der Waals surface area contributed by atoms with E-state index in [-0.39, 0.29) is 0 Å². The summed E-state index contributed by atoms with van der Waals surface area (Å²) in [6, 6.07) is 16.3. The van der Waals surface area contributed by atoms with Crippen molar-refractivity contribution in [1.82, 2.24) is 9.55 Å². The van der Waals surface area contributed by atoms with Crippen LogP contribution in [0, 0.1) is 0 Å². The van der Waals surface area contributed by atoms with Crippen molar-refractivity contribution in [1.29, 1.82) is 0 Å². The molecular formula is C23H26N4O. The first-order chi connectivity index (χ1) is 13.7. The molecule has 1 aliphatic rings. The Hall–Kier alpha value is -3.08. The molecule has 3 N–H and O–H groups in total. The van der Waals surface area contributed by atoms with E-state index in [4.69, 9.17) is 5.73 Å². The number of carbonyl (C=O) groups is 1. The number of hydrogen-bond acceptors (Lipinski definition) is 3. The number of nitrogens with two attached hydrogens (primary N) is 1. The highest BCUT2D eigenvalue weighted by Crippen LogP contribution is 2.27. The van der Waals surface area contributed by atoms with Gasteiger partial charge >= 0.3 is 0 Å². The fourth-order valence-electron chi connectivity index (χ4n) is 3.98. The number of pyridine rings is 1. The number of benzene rings is 1. The molecule has 28 heavy (non-hydrogen) atoms. The molecule has 5 nitrogen and oxygen atoms in total. The van der Waals surface area contributed by atoms with Crippen LogP contribution < -0.4 is 11.1 Å². The van der Waals surface area contributed by atoms with Crippen LogP contribution in [0.3, 0.4) is 0 Å². The summed E-state index contributed by atoms with van der Waals surface area (Å²) >= 11 is 0. The van der Waals surface area contributed by atoms with Gasteiger partial charge in [0.15, 0.2) is 0 Å². The van der Waals surface area contributed by atoms with Crippen LogP contribution >= 0.6 is 0 Å². The van der Waals surface area contributed by atoms with E-state index in [1.165, 1.54) is 19.3 Å². The van der Waals surface area contributed by atoms with Crippen molar-refractivity contribution < 1.29 is 4.79 Å². The molecule has 1 amide bonds. The lowest BCUT2D eigenvalue weighted by Crippen LogP contribution is -2.24. The normalized spacial score (nSPS) is 14.7. The number of nitrogens with one attached hydrogen (secondary N) is 1. The Bertz CT molecular complexity index is 942. The van der Waals surface area contributed by atoms with Crippen LogP contribution in [-0.2, 0) is 6.42 Å². The van der Waals surface area contributed by atoms with Crippen molar-refractivity contribution in [3.63, 3.8) is 0 Å². The van der Waals surface area contributed by atoms with Crippen LogP contribution in [0.25, 0.3) is 5.69 Å². The zero-order valence-corrected chi connectivity index (χ0v) is 16.0. The molecule has 0 bridgehead atoms. The average molecular weight is 374 g/mol. The van der Waals surface area contributed by atoms with Gasteiger partial charge in [-0.25, -0.2) is 0 Å². The molecule has 0 radical (unpaired) electrons. The molecule has 0 unspecified atom stereocenters. The summed E-state index contributed by atoms with van der Waals surface area (Å²) in [7, 11) is 0. The maximum Gasteiger partial charge on any atom is 0.250 e. The first-order valence-corrected chi connectivity index (χ1v) is 9.97. The van der Waals surface area contributed by atoms with Crippen LogP contribution in [0.4, 0.5) is 5.69 Å². The lowest BCUT2D eigenvalue weighted by atomic mass is 9.95. The third kappa shape index (κ3) is 4.09. The van der Waals surface area contributed by atoms with Crippen molar-refractivity contribution in [2.45, 2.75) is 44.6 Å². The van der Waals surface area contributed by atoms with Gasteiger partial charge < -0.3 is 15.6 Å². The number of amides is 1. The lowest BCUT2D eigenvalue weighted by molar-refractivity contribution is 0.100. The van der Waals surface area contributed by atoms with E-state index in [1.807, 2.05) is 54.9 Å². The lowest BCUT2D eigenvalue weighted by Gasteiger charge is -2.25. The van der Waals surface area contributed by atoms with E-state index in [1.54, 1.807) is 0 Å². The molecule has 1 saturated carbocycles. The summed E-state index contributed by atoms with van der Waals surface area (Å²) in [4.78, 5) is 16.4. The van der Waals surface area contributed by atoms with Gasteiger partial charge in [-0.3, -0.25) is 9.78 Å². The number of nitrogens with zero attached hydrogens (tertiary/aromatic N) is 2. The Morgan fingerprint density at radius 1 is 1.11 bits per heavy atom. The highest BCUT2D eigenvalue weighted by atomic mass is 16.1. The molecule has 0 spiro atoms. The van der Waals surface area contributed by atoms with Crippen LogP contribution in [0.2, 0.25) is 0 Å². The number of aromatic nitrogens is 2. The van der Waals surface area contributed by atoms with Crippen molar-refractivity contribution in [2.75, 3.05) is 5.32 Å². The number of carbonyl (C=O) groups excluding carboxylic acids is 1. The molecule has 2 aromatic heterocycles. The molecule has 0 atom stereocenters. The van der Waals surface area contributed by atoms with E-state index in [2.05, 4.69) is 20.9 Å². The van der Waals surface area contributed by atoms with E-state index < -0.39 is 5.91 Å². The first-order valence-electron chi connectivity index (χ1n) is 9.97. The zero-order valence-electron chi connectivity index (χ0n) is 16.0. The molecule has 1 aromatic carbocycles. The number of hydrogen-bond donors (Lipinski definition) is 2. The van der Waals surface area contributed by atoms with Gasteiger partial charge in [0.25, 0.3) is 5.91 Å². The Labute approximate surface area is 165 Å². The number of anilines is 1. The standard InChI is InChI=1S/C23H26N4O/c24-23(28)21-12-11-20(16-22(21)26-17-7-2-1-3-8-17)27-14-6-10-19(27)15-18-9-4-5-13-25-18/h4-6,9-14,16-17,26H,1-3,7-8,15H2,(H2,24,28). The van der Waals surface area contributed by atoms with Crippen LogP contribution in [0.1, 0.15) is 53.8 Å². The van der Waals surface area contributed by atoms with Crippen LogP contribution in [-0.4, -0.2) is 21.5 Å². The SMILES string of the molecule is NC(=O)c1ccc(-n2cccc2Cc2ccccn2)cc1NC1CCCCC1. The maximum absolute atomic E-state index is 11.9. The molecule has 1 fully saturated rings. The van der Waals surface area contributed by atoms with E-state index in [0.717, 1.165) is 42.0 Å². The fourth-order valence-corrected chi connectivity index (χ4v) is 3.98. The molecule has 5 heteroatoms. The van der Waals surface area contributed by atoms with E-state index >= 15 is 0 Å². The highest BCUT2D eigenvalue weighted by molar-refractivity contribution is 5.99. The van der Waals surface area contributed by atoms with Gasteiger partial charge in [0.2, 0.25) is 0 Å². The summed E-state index contributed by atoms with van der Waals surface area (Å²) in [5, 5.41) is 3.58. The van der Waals surface area contributed by atoms with Crippen molar-refractivity contribution in [2.24, 2.45) is 5.73 Å². The predicted molar refractivity (Wildman–Crippen MR) is 112 cm³/mol. The van der Waals surface area contributed by atoms with Crippen molar-refractivity contribution in [3.05, 3.63) is 77.9 Å². The van der Waals surface area contributed by atoms with Gasteiger partial charge in [0.05, 0.1) is 5.56 Å². The van der Waals surface area contributed by atoms with Gasteiger partial charge in [0, 0.05) is 47.6 Å². The zero-order chi connectivity index (χ0) is 19.3. The Morgan fingerprint density at radius 3 is 2.71 bits per heavy atom. The molecule has 2 heterocycles. The topological polar surface area (TPSA) is 72.9 Å². The van der Waals surface area contributed by atoms with Crippen molar-refractivity contribution in [3.8, 4) is 5.69 Å². The minimum absolute atomic E-state index is 0.397. The average Bonchev–Trinajstić information content (AvgIpc) is 3.17. The summed E-state index contributed by atoms with van der Waals surface area (Å²) in [5.74, 6) is -0.397. The monoisotopic (exact) mass is 374 g/mol. The smallest absolute Gasteiger partial charge is 0.250 e. The van der Waals surface area contributed by atoms with Gasteiger partial charge in [-0.2, -0.15) is 0 Å². The van der Waals surface area contributed by atoms with Crippen LogP contribution in [0.5, 0.6) is 0 Å². The Balaban J connectivity index is 1.64.